The summed E-state index contributed by atoms with van der Waals surface area (Å²) in [6.07, 6.45) is 2.19. The molecule has 3 aliphatic rings. The van der Waals surface area contributed by atoms with Gasteiger partial charge in [0.1, 0.15) is 22.8 Å². The normalized spacial score (nSPS) is 24.7. The van der Waals surface area contributed by atoms with Crippen molar-refractivity contribution in [3.05, 3.63) is 52.5 Å². The lowest BCUT2D eigenvalue weighted by atomic mass is 9.56. The second kappa shape index (κ2) is 11.9. The van der Waals surface area contributed by atoms with Gasteiger partial charge in [0.15, 0.2) is 0 Å². The van der Waals surface area contributed by atoms with Crippen molar-refractivity contribution in [2.24, 2.45) is 17.6 Å². The highest BCUT2D eigenvalue weighted by atomic mass is 16.6. The third-order valence-corrected chi connectivity index (χ3v) is 8.33. The minimum absolute atomic E-state index is 0.0415. The van der Waals surface area contributed by atoms with Gasteiger partial charge in [-0.2, -0.15) is 0 Å². The van der Waals surface area contributed by atoms with E-state index in [-0.39, 0.29) is 29.3 Å². The summed E-state index contributed by atoms with van der Waals surface area (Å²) in [5.74, 6) is -5.29. The smallest absolute Gasteiger partial charge is 0.304 e. The highest BCUT2D eigenvalue weighted by molar-refractivity contribution is 6.33. The molecule has 11 nitrogen and oxygen atoms in total. The van der Waals surface area contributed by atoms with Crippen molar-refractivity contribution in [3.63, 3.8) is 0 Å². The first-order chi connectivity index (χ1) is 20.2. The van der Waals surface area contributed by atoms with Crippen molar-refractivity contribution in [2.75, 3.05) is 39.7 Å². The molecule has 43 heavy (non-hydrogen) atoms. The monoisotopic (exact) mass is 595 g/mol. The van der Waals surface area contributed by atoms with Crippen LogP contribution in [0.1, 0.15) is 51.2 Å². The predicted octanol–water partition coefficient (Wildman–Crippen LogP) is 3.07. The summed E-state index contributed by atoms with van der Waals surface area (Å²) in [6.45, 7) is 8.85. The SMILES string of the molecule is C=C(C)OC1=C(C(N)=O)C(=O)[C@@]2(OC(C)=O)C(=O)C3=C(O)c4c(OCCCC)ccc(N(C)C)c4C[C@H]3C[C@H]2C1N(C)C. The van der Waals surface area contributed by atoms with Gasteiger partial charge in [0, 0.05) is 38.2 Å². The van der Waals surface area contributed by atoms with Crippen LogP contribution in [0, 0.1) is 11.8 Å². The number of benzene rings is 1. The first-order valence-electron chi connectivity index (χ1n) is 14.4. The molecule has 0 heterocycles. The zero-order chi connectivity index (χ0) is 32.0. The third kappa shape index (κ3) is 5.20. The minimum atomic E-state index is -2.45. The van der Waals surface area contributed by atoms with E-state index in [0.717, 1.165) is 31.0 Å². The number of ketones is 2. The molecule has 4 atom stereocenters. The van der Waals surface area contributed by atoms with Gasteiger partial charge in [0.25, 0.3) is 5.91 Å². The van der Waals surface area contributed by atoms with E-state index in [0.29, 0.717) is 24.3 Å². The van der Waals surface area contributed by atoms with Crippen LogP contribution in [0.2, 0.25) is 0 Å². The summed E-state index contributed by atoms with van der Waals surface area (Å²) in [5.41, 5.74) is 4.64. The van der Waals surface area contributed by atoms with Crippen molar-refractivity contribution in [1.29, 1.82) is 0 Å². The van der Waals surface area contributed by atoms with Crippen molar-refractivity contribution >= 4 is 34.9 Å². The Morgan fingerprint density at radius 1 is 1.14 bits per heavy atom. The van der Waals surface area contributed by atoms with Crippen LogP contribution in [-0.2, 0) is 35.1 Å². The van der Waals surface area contributed by atoms with Gasteiger partial charge < -0.3 is 30.0 Å². The van der Waals surface area contributed by atoms with E-state index in [1.807, 2.05) is 32.0 Å². The maximum Gasteiger partial charge on any atom is 0.304 e. The number of rotatable bonds is 10. The number of carbonyl (C=O) groups is 4. The molecule has 0 aromatic heterocycles. The maximum absolute atomic E-state index is 14.7. The lowest BCUT2D eigenvalue weighted by Gasteiger charge is -2.52. The number of primary amides is 1. The number of aliphatic hydroxyl groups is 1. The highest BCUT2D eigenvalue weighted by Gasteiger charge is 2.68. The molecule has 0 aliphatic heterocycles. The van der Waals surface area contributed by atoms with Gasteiger partial charge in [0.2, 0.25) is 17.2 Å². The number of hydrogen-bond donors (Lipinski definition) is 2. The number of Topliss-reactive ketones (excluding diaryl/α,β-unsaturated/α-hetero) is 2. The Morgan fingerprint density at radius 3 is 2.35 bits per heavy atom. The Morgan fingerprint density at radius 2 is 1.81 bits per heavy atom. The highest BCUT2D eigenvalue weighted by Crippen LogP contribution is 2.55. The number of nitrogens with two attached hydrogens (primary N) is 1. The number of fused-ring (bicyclic) bond motifs is 3. The summed E-state index contributed by atoms with van der Waals surface area (Å²) in [5, 5.41) is 11.9. The number of unbranched alkanes of at least 4 members (excludes halogenated alkanes) is 1. The number of allylic oxidation sites excluding steroid dienone is 1. The van der Waals surface area contributed by atoms with Crippen LogP contribution in [0.25, 0.3) is 5.76 Å². The minimum Gasteiger partial charge on any atom is -0.507 e. The first kappa shape index (κ1) is 31.8. The summed E-state index contributed by atoms with van der Waals surface area (Å²) >= 11 is 0. The van der Waals surface area contributed by atoms with E-state index in [9.17, 15) is 24.3 Å². The van der Waals surface area contributed by atoms with Crippen molar-refractivity contribution in [1.82, 2.24) is 4.90 Å². The molecule has 1 aromatic rings. The fraction of sp³-hybridized carbons (Fsp3) is 0.500. The van der Waals surface area contributed by atoms with Crippen LogP contribution < -0.4 is 15.4 Å². The van der Waals surface area contributed by atoms with Crippen LogP contribution in [-0.4, -0.2) is 79.9 Å². The molecule has 0 bridgehead atoms. The number of likely N-dealkylation sites (N-methyl/N-ethyl adjacent to an activating group) is 1. The van der Waals surface area contributed by atoms with Crippen LogP contribution in [0.3, 0.4) is 0 Å². The van der Waals surface area contributed by atoms with Crippen LogP contribution in [0.15, 0.2) is 41.4 Å². The second-order valence-electron chi connectivity index (χ2n) is 11.8. The van der Waals surface area contributed by atoms with Gasteiger partial charge in [-0.05, 0) is 63.9 Å². The zero-order valence-electron chi connectivity index (χ0n) is 25.9. The van der Waals surface area contributed by atoms with Gasteiger partial charge in [0.05, 0.1) is 24.0 Å². The van der Waals surface area contributed by atoms with Gasteiger partial charge in [-0.25, -0.2) is 0 Å². The fourth-order valence-corrected chi connectivity index (χ4v) is 6.73. The molecule has 1 aromatic carbocycles. The molecule has 1 amide bonds. The van der Waals surface area contributed by atoms with E-state index in [2.05, 4.69) is 6.58 Å². The van der Waals surface area contributed by atoms with Gasteiger partial charge in [-0.15, -0.1) is 0 Å². The fourth-order valence-electron chi connectivity index (χ4n) is 6.73. The van der Waals surface area contributed by atoms with Crippen molar-refractivity contribution < 1.29 is 38.5 Å². The topological polar surface area (TPSA) is 149 Å². The van der Waals surface area contributed by atoms with E-state index >= 15 is 0 Å². The molecule has 3 N–H and O–H groups in total. The molecular formula is C32H41N3O8. The number of nitrogens with zero attached hydrogens (tertiary/aromatic N) is 2. The van der Waals surface area contributed by atoms with Gasteiger partial charge in [-0.3, -0.25) is 24.1 Å². The third-order valence-electron chi connectivity index (χ3n) is 8.33. The summed E-state index contributed by atoms with van der Waals surface area (Å²) in [7, 11) is 7.18. The van der Waals surface area contributed by atoms with E-state index in [1.54, 1.807) is 32.0 Å². The average molecular weight is 596 g/mol. The van der Waals surface area contributed by atoms with E-state index < -0.39 is 52.5 Å². The Labute approximate surface area is 251 Å². The molecule has 1 saturated carbocycles. The number of anilines is 1. The molecule has 3 aliphatic carbocycles. The van der Waals surface area contributed by atoms with Crippen LogP contribution in [0.5, 0.6) is 5.75 Å². The molecule has 0 saturated heterocycles. The van der Waals surface area contributed by atoms with Gasteiger partial charge in [-0.1, -0.05) is 19.9 Å². The molecule has 1 fully saturated rings. The number of carbonyl (C=O) groups excluding carboxylic acids is 4. The molecule has 4 rings (SSSR count). The maximum atomic E-state index is 14.7. The molecule has 232 valence electrons. The van der Waals surface area contributed by atoms with E-state index in [4.69, 9.17) is 19.9 Å². The Hall–Kier alpha value is -4.12. The number of ether oxygens (including phenoxy) is 3. The van der Waals surface area contributed by atoms with Crippen LogP contribution >= 0.6 is 0 Å². The Balaban J connectivity index is 2.03. The number of amides is 1. The first-order valence-corrected chi connectivity index (χ1v) is 14.4. The summed E-state index contributed by atoms with van der Waals surface area (Å²) in [6, 6.07) is 2.80. The summed E-state index contributed by atoms with van der Waals surface area (Å²) < 4.78 is 17.6. The Bertz CT molecular complexity index is 1460. The predicted molar refractivity (Wildman–Crippen MR) is 160 cm³/mol. The second-order valence-corrected chi connectivity index (χ2v) is 11.8. The lowest BCUT2D eigenvalue weighted by molar-refractivity contribution is -0.183. The number of esters is 1. The molecule has 0 radical (unpaired) electrons. The number of aliphatic hydroxyl groups excluding tert-OH is 1. The van der Waals surface area contributed by atoms with Gasteiger partial charge >= 0.3 is 5.97 Å². The molecular weight excluding hydrogens is 554 g/mol. The summed E-state index contributed by atoms with van der Waals surface area (Å²) in [4.78, 5) is 58.1. The quantitative estimate of drug-likeness (QED) is 0.136. The van der Waals surface area contributed by atoms with Crippen LogP contribution in [0.4, 0.5) is 5.69 Å². The standard InChI is InChI=1S/C32H41N3O8/c1-9-10-13-41-22-12-11-21(34(5)6)19-14-18-15-20-26(35(7)8)28(42-16(2)3)25(31(33)40)30(39)32(20,43-17(4)36)29(38)23(18)27(37)24(19)22/h11-12,18,20,26,37H,2,9-10,13-15H2,1,3-8H3,(H2,33,40)/t18-,20-,26?,32-/m0/s1. The average Bonchev–Trinajstić information content (AvgIpc) is 2.89. The molecule has 0 spiro atoms. The lowest BCUT2D eigenvalue weighted by Crippen LogP contribution is -2.68. The zero-order valence-corrected chi connectivity index (χ0v) is 25.9. The molecule has 11 heteroatoms. The van der Waals surface area contributed by atoms with Crippen molar-refractivity contribution in [2.45, 2.75) is 58.1 Å². The largest absolute Gasteiger partial charge is 0.507 e. The Kier molecular flexibility index (Phi) is 8.78. The molecule has 1 unspecified atom stereocenters. The van der Waals surface area contributed by atoms with E-state index in [1.165, 1.54) is 0 Å². The van der Waals surface area contributed by atoms with Crippen molar-refractivity contribution in [3.8, 4) is 5.75 Å². The number of hydrogen-bond acceptors (Lipinski definition) is 10.